The summed E-state index contributed by atoms with van der Waals surface area (Å²) < 4.78 is 0. The molecule has 1 aliphatic heterocycles. The van der Waals surface area contributed by atoms with Crippen molar-refractivity contribution < 1.29 is 14.4 Å². The second-order valence-corrected chi connectivity index (χ2v) is 4.77. The van der Waals surface area contributed by atoms with E-state index in [2.05, 4.69) is 0 Å². The Labute approximate surface area is 113 Å². The van der Waals surface area contributed by atoms with Crippen molar-refractivity contribution in [3.8, 4) is 0 Å². The highest BCUT2D eigenvalue weighted by molar-refractivity contribution is 6.69. The molecule has 0 spiro atoms. The predicted octanol–water partition coefficient (Wildman–Crippen LogP) is 2.05. The van der Waals surface area contributed by atoms with Crippen LogP contribution in [0.15, 0.2) is 24.3 Å². The number of amides is 2. The molecule has 0 aliphatic carbocycles. The van der Waals surface area contributed by atoms with Gasteiger partial charge in [-0.1, -0.05) is 12.1 Å². The Hall–Kier alpha value is -1.39. The van der Waals surface area contributed by atoms with Gasteiger partial charge in [0.2, 0.25) is 5.24 Å². The third kappa shape index (κ3) is 2.26. The van der Waals surface area contributed by atoms with Crippen molar-refractivity contribution in [2.45, 2.75) is 11.8 Å². The topological polar surface area (TPSA) is 54.5 Å². The van der Waals surface area contributed by atoms with E-state index >= 15 is 0 Å². The molecule has 1 aliphatic rings. The number of hydrogen-bond donors (Lipinski definition) is 0. The second kappa shape index (κ2) is 5.08. The van der Waals surface area contributed by atoms with Gasteiger partial charge in [-0.25, -0.2) is 0 Å². The highest BCUT2D eigenvalue weighted by atomic mass is 35.5. The number of fused-ring (bicyclic) bond motifs is 1. The van der Waals surface area contributed by atoms with Gasteiger partial charge in [0, 0.05) is 6.54 Å². The van der Waals surface area contributed by atoms with Crippen LogP contribution < -0.4 is 0 Å². The molecule has 0 aromatic heterocycles. The van der Waals surface area contributed by atoms with E-state index in [1.807, 2.05) is 0 Å². The van der Waals surface area contributed by atoms with Crippen molar-refractivity contribution >= 4 is 40.3 Å². The number of alkyl halides is 1. The Morgan fingerprint density at radius 2 is 1.67 bits per heavy atom. The number of nitrogens with zero attached hydrogens (tertiary/aromatic N) is 1. The number of halogens is 2. The van der Waals surface area contributed by atoms with Gasteiger partial charge in [0.25, 0.3) is 11.8 Å². The van der Waals surface area contributed by atoms with E-state index in [9.17, 15) is 14.4 Å². The normalized spacial score (nSPS) is 15.8. The van der Waals surface area contributed by atoms with Crippen LogP contribution in [0.1, 0.15) is 27.1 Å². The molecule has 94 valence electrons. The van der Waals surface area contributed by atoms with Gasteiger partial charge in [-0.15, -0.1) is 11.6 Å². The SMILES string of the molecule is O=C(Cl)C(Cl)CCN1C(=O)c2ccccc2C1=O. The van der Waals surface area contributed by atoms with Crippen LogP contribution in [0.5, 0.6) is 0 Å². The van der Waals surface area contributed by atoms with Gasteiger partial charge >= 0.3 is 0 Å². The van der Waals surface area contributed by atoms with Crippen molar-refractivity contribution in [2.75, 3.05) is 6.54 Å². The van der Waals surface area contributed by atoms with Crippen molar-refractivity contribution in [3.63, 3.8) is 0 Å². The van der Waals surface area contributed by atoms with Gasteiger partial charge in [-0.3, -0.25) is 19.3 Å². The van der Waals surface area contributed by atoms with Crippen LogP contribution in [-0.4, -0.2) is 33.9 Å². The van der Waals surface area contributed by atoms with Crippen LogP contribution in [0.25, 0.3) is 0 Å². The first-order valence-electron chi connectivity index (χ1n) is 5.31. The summed E-state index contributed by atoms with van der Waals surface area (Å²) in [5, 5.41) is -1.58. The Balaban J connectivity index is 2.12. The largest absolute Gasteiger partial charge is 0.280 e. The lowest BCUT2D eigenvalue weighted by Crippen LogP contribution is -2.32. The molecule has 0 N–H and O–H groups in total. The molecule has 18 heavy (non-hydrogen) atoms. The number of carbonyl (C=O) groups is 3. The zero-order chi connectivity index (χ0) is 13.3. The maximum absolute atomic E-state index is 11.9. The molecule has 6 heteroatoms. The molecule has 4 nitrogen and oxygen atoms in total. The van der Waals surface area contributed by atoms with E-state index in [1.165, 1.54) is 0 Å². The van der Waals surface area contributed by atoms with E-state index in [0.717, 1.165) is 4.90 Å². The molecule has 0 radical (unpaired) electrons. The highest BCUT2D eigenvalue weighted by Crippen LogP contribution is 2.23. The molecule has 0 fully saturated rings. The quantitative estimate of drug-likeness (QED) is 0.483. The van der Waals surface area contributed by atoms with Crippen LogP contribution in [0.2, 0.25) is 0 Å². The molecule has 1 heterocycles. The first-order chi connectivity index (χ1) is 8.52. The third-order valence-corrected chi connectivity index (χ3v) is 3.52. The Kier molecular flexibility index (Phi) is 3.68. The maximum Gasteiger partial charge on any atom is 0.261 e. The lowest BCUT2D eigenvalue weighted by atomic mass is 10.1. The summed E-state index contributed by atoms with van der Waals surface area (Å²) >= 11 is 10.9. The van der Waals surface area contributed by atoms with E-state index in [0.29, 0.717) is 11.1 Å². The average Bonchev–Trinajstić information content (AvgIpc) is 2.60. The summed E-state index contributed by atoms with van der Waals surface area (Å²) in [5.74, 6) is -0.719. The predicted molar refractivity (Wildman–Crippen MR) is 66.9 cm³/mol. The summed E-state index contributed by atoms with van der Waals surface area (Å²) in [6, 6.07) is 6.58. The molecule has 0 bridgehead atoms. The fourth-order valence-corrected chi connectivity index (χ4v) is 2.00. The minimum atomic E-state index is -0.893. The van der Waals surface area contributed by atoms with E-state index in [-0.39, 0.29) is 24.8 Å². The third-order valence-electron chi connectivity index (χ3n) is 2.73. The number of hydrogen-bond acceptors (Lipinski definition) is 3. The van der Waals surface area contributed by atoms with E-state index in [1.54, 1.807) is 24.3 Å². The van der Waals surface area contributed by atoms with Gasteiger partial charge in [-0.2, -0.15) is 0 Å². The van der Waals surface area contributed by atoms with Gasteiger partial charge in [0.05, 0.1) is 11.1 Å². The van der Waals surface area contributed by atoms with Crippen molar-refractivity contribution in [2.24, 2.45) is 0 Å². The molecule has 0 saturated carbocycles. The fourth-order valence-electron chi connectivity index (χ4n) is 1.80. The summed E-state index contributed by atoms with van der Waals surface area (Å²) in [4.78, 5) is 35.7. The smallest absolute Gasteiger partial charge is 0.261 e. The lowest BCUT2D eigenvalue weighted by molar-refractivity contribution is -0.111. The van der Waals surface area contributed by atoms with E-state index < -0.39 is 10.6 Å². The molecule has 1 aromatic carbocycles. The zero-order valence-electron chi connectivity index (χ0n) is 9.23. The molecule has 0 saturated heterocycles. The van der Waals surface area contributed by atoms with E-state index in [4.69, 9.17) is 23.2 Å². The number of rotatable bonds is 4. The fraction of sp³-hybridized carbons (Fsp3) is 0.250. The Morgan fingerprint density at radius 1 is 1.17 bits per heavy atom. The van der Waals surface area contributed by atoms with Crippen LogP contribution in [0.3, 0.4) is 0 Å². The van der Waals surface area contributed by atoms with Crippen molar-refractivity contribution in [3.05, 3.63) is 35.4 Å². The summed E-state index contributed by atoms with van der Waals surface area (Å²) in [6.45, 7) is 0.0823. The van der Waals surface area contributed by atoms with Gasteiger partial charge < -0.3 is 0 Å². The molecule has 1 unspecified atom stereocenters. The van der Waals surface area contributed by atoms with Crippen molar-refractivity contribution in [1.29, 1.82) is 0 Å². The Bertz CT molecular complexity index is 495. The molecular weight excluding hydrogens is 277 g/mol. The minimum absolute atomic E-state index is 0.0823. The second-order valence-electron chi connectivity index (χ2n) is 3.87. The molecule has 2 rings (SSSR count). The van der Waals surface area contributed by atoms with Gasteiger partial charge in [0.15, 0.2) is 0 Å². The maximum atomic E-state index is 11.9. The standard InChI is InChI=1S/C12H9Cl2NO3/c13-9(10(14)16)5-6-15-11(17)7-3-1-2-4-8(7)12(15)18/h1-4,9H,5-6H2. The van der Waals surface area contributed by atoms with Crippen LogP contribution in [0.4, 0.5) is 0 Å². The van der Waals surface area contributed by atoms with Gasteiger partial charge in [-0.05, 0) is 30.2 Å². The molecule has 1 aromatic rings. The van der Waals surface area contributed by atoms with Crippen LogP contribution in [0, 0.1) is 0 Å². The molecular formula is C12H9Cl2NO3. The number of carbonyl (C=O) groups excluding carboxylic acids is 3. The van der Waals surface area contributed by atoms with Crippen LogP contribution >= 0.6 is 23.2 Å². The number of benzene rings is 1. The first-order valence-corrected chi connectivity index (χ1v) is 6.12. The monoisotopic (exact) mass is 285 g/mol. The highest BCUT2D eigenvalue weighted by Gasteiger charge is 2.35. The first kappa shape index (κ1) is 13.1. The summed E-state index contributed by atoms with van der Waals surface area (Å²) in [6.07, 6.45) is 0.148. The zero-order valence-corrected chi connectivity index (χ0v) is 10.7. The number of imide groups is 1. The van der Waals surface area contributed by atoms with Crippen molar-refractivity contribution in [1.82, 2.24) is 4.90 Å². The summed E-state index contributed by atoms with van der Waals surface area (Å²) in [5.41, 5.74) is 0.761. The summed E-state index contributed by atoms with van der Waals surface area (Å²) in [7, 11) is 0. The Morgan fingerprint density at radius 3 is 2.11 bits per heavy atom. The average molecular weight is 286 g/mol. The molecule has 2 amide bonds. The molecule has 1 atom stereocenters. The lowest BCUT2D eigenvalue weighted by Gasteiger charge is -2.14. The van der Waals surface area contributed by atoms with Crippen LogP contribution in [-0.2, 0) is 4.79 Å². The minimum Gasteiger partial charge on any atom is -0.280 e. The van der Waals surface area contributed by atoms with Gasteiger partial charge in [0.1, 0.15) is 5.38 Å².